The molecule has 21 heavy (non-hydrogen) atoms. The van der Waals surface area contributed by atoms with Crippen LogP contribution in [0, 0.1) is 5.82 Å². The van der Waals surface area contributed by atoms with Crippen molar-refractivity contribution < 1.29 is 13.9 Å². The fourth-order valence-corrected chi connectivity index (χ4v) is 2.11. The molecule has 1 unspecified atom stereocenters. The van der Waals surface area contributed by atoms with Gasteiger partial charge in [0, 0.05) is 18.2 Å². The Hall–Kier alpha value is -1.17. The van der Waals surface area contributed by atoms with E-state index < -0.39 is 0 Å². The van der Waals surface area contributed by atoms with Crippen molar-refractivity contribution in [2.45, 2.75) is 32.4 Å². The largest absolute Gasteiger partial charge is 0.496 e. The zero-order chi connectivity index (χ0) is 15.8. The number of halogens is 1. The number of nitrogens with two attached hydrogens (primary N) is 1. The summed E-state index contributed by atoms with van der Waals surface area (Å²) in [6.07, 6.45) is 0.901. The predicted molar refractivity (Wildman–Crippen MR) is 83.1 cm³/mol. The first kappa shape index (κ1) is 17.9. The lowest BCUT2D eigenvalue weighted by atomic mass is 10.0. The van der Waals surface area contributed by atoms with E-state index in [4.69, 9.17) is 15.2 Å². The van der Waals surface area contributed by atoms with Gasteiger partial charge in [0.1, 0.15) is 11.6 Å². The molecule has 0 aliphatic rings. The summed E-state index contributed by atoms with van der Waals surface area (Å²) in [5.74, 6) is 0.195. The number of hydrogen-bond donors (Lipinski definition) is 1. The highest BCUT2D eigenvalue weighted by molar-refractivity contribution is 5.37. The van der Waals surface area contributed by atoms with E-state index in [1.54, 1.807) is 12.1 Å². The van der Waals surface area contributed by atoms with Crippen molar-refractivity contribution in [2.24, 2.45) is 5.73 Å². The van der Waals surface area contributed by atoms with Gasteiger partial charge in [-0.1, -0.05) is 6.07 Å². The molecule has 4 nitrogen and oxygen atoms in total. The SMILES string of the molecule is COc1cccc(F)c1C(N)CCN(C)CCOC(C)C. The van der Waals surface area contributed by atoms with E-state index in [-0.39, 0.29) is 18.0 Å². The molecule has 0 saturated carbocycles. The van der Waals surface area contributed by atoms with Crippen LogP contribution >= 0.6 is 0 Å². The van der Waals surface area contributed by atoms with E-state index >= 15 is 0 Å². The summed E-state index contributed by atoms with van der Waals surface area (Å²) in [5.41, 5.74) is 6.57. The molecule has 0 fully saturated rings. The maximum Gasteiger partial charge on any atom is 0.131 e. The van der Waals surface area contributed by atoms with Crippen LogP contribution in [0.1, 0.15) is 31.9 Å². The average Bonchev–Trinajstić information content (AvgIpc) is 2.44. The molecule has 0 aliphatic heterocycles. The molecule has 1 aromatic rings. The van der Waals surface area contributed by atoms with Gasteiger partial charge in [-0.2, -0.15) is 0 Å². The molecular weight excluding hydrogens is 271 g/mol. The van der Waals surface area contributed by atoms with Crippen LogP contribution < -0.4 is 10.5 Å². The van der Waals surface area contributed by atoms with Gasteiger partial charge in [0.2, 0.25) is 0 Å². The second-order valence-electron chi connectivity index (χ2n) is 5.47. The van der Waals surface area contributed by atoms with E-state index in [0.29, 0.717) is 24.3 Å². The maximum atomic E-state index is 13.9. The van der Waals surface area contributed by atoms with Crippen molar-refractivity contribution in [1.82, 2.24) is 4.90 Å². The van der Waals surface area contributed by atoms with Crippen LogP contribution in [0.25, 0.3) is 0 Å². The van der Waals surface area contributed by atoms with Crippen LogP contribution in [0.15, 0.2) is 18.2 Å². The van der Waals surface area contributed by atoms with E-state index in [9.17, 15) is 4.39 Å². The first-order valence-corrected chi connectivity index (χ1v) is 7.33. The van der Waals surface area contributed by atoms with Gasteiger partial charge in [0.15, 0.2) is 0 Å². The third-order valence-corrected chi connectivity index (χ3v) is 3.35. The van der Waals surface area contributed by atoms with Crippen molar-refractivity contribution in [3.63, 3.8) is 0 Å². The molecule has 120 valence electrons. The Morgan fingerprint density at radius 3 is 2.62 bits per heavy atom. The van der Waals surface area contributed by atoms with E-state index in [2.05, 4.69) is 4.90 Å². The van der Waals surface area contributed by atoms with Crippen molar-refractivity contribution in [3.8, 4) is 5.75 Å². The molecule has 1 rings (SSSR count). The van der Waals surface area contributed by atoms with Crippen molar-refractivity contribution in [1.29, 1.82) is 0 Å². The molecule has 0 heterocycles. The van der Waals surface area contributed by atoms with Gasteiger partial charge >= 0.3 is 0 Å². The molecule has 1 atom stereocenters. The maximum absolute atomic E-state index is 13.9. The van der Waals surface area contributed by atoms with Crippen LogP contribution in [0.4, 0.5) is 4.39 Å². The highest BCUT2D eigenvalue weighted by Gasteiger charge is 2.17. The summed E-state index contributed by atoms with van der Waals surface area (Å²) >= 11 is 0. The quantitative estimate of drug-likeness (QED) is 0.761. The monoisotopic (exact) mass is 298 g/mol. The Morgan fingerprint density at radius 2 is 2.00 bits per heavy atom. The number of rotatable bonds is 9. The Balaban J connectivity index is 2.48. The minimum absolute atomic E-state index is 0.239. The van der Waals surface area contributed by atoms with Gasteiger partial charge in [-0.15, -0.1) is 0 Å². The standard InChI is InChI=1S/C16H27FN2O2/c1-12(2)21-11-10-19(3)9-8-14(18)16-13(17)6-5-7-15(16)20-4/h5-7,12,14H,8-11,18H2,1-4H3. The molecule has 1 aromatic carbocycles. The second kappa shape index (κ2) is 8.97. The predicted octanol–water partition coefficient (Wildman–Crippen LogP) is 2.58. The van der Waals surface area contributed by atoms with Crippen molar-refractivity contribution >= 4 is 0 Å². The minimum Gasteiger partial charge on any atom is -0.496 e. The molecule has 0 radical (unpaired) electrons. The number of benzene rings is 1. The number of nitrogens with zero attached hydrogens (tertiary/aromatic N) is 1. The van der Waals surface area contributed by atoms with Gasteiger partial charge < -0.3 is 20.1 Å². The van der Waals surface area contributed by atoms with Gasteiger partial charge in [-0.05, 0) is 46.0 Å². The molecule has 0 spiro atoms. The number of methoxy groups -OCH3 is 1. The molecule has 2 N–H and O–H groups in total. The van der Waals surface area contributed by atoms with Gasteiger partial charge in [0.05, 0.1) is 19.8 Å². The first-order chi connectivity index (χ1) is 9.95. The van der Waals surface area contributed by atoms with Crippen LogP contribution in [0.2, 0.25) is 0 Å². The zero-order valence-electron chi connectivity index (χ0n) is 13.4. The van der Waals surface area contributed by atoms with Crippen molar-refractivity contribution in [2.75, 3.05) is 33.9 Å². The van der Waals surface area contributed by atoms with Gasteiger partial charge in [0.25, 0.3) is 0 Å². The Bertz CT molecular complexity index is 427. The number of ether oxygens (including phenoxy) is 2. The highest BCUT2D eigenvalue weighted by Crippen LogP contribution is 2.28. The number of likely N-dealkylation sites (N-methyl/N-ethyl adjacent to an activating group) is 1. The molecule has 0 amide bonds. The third kappa shape index (κ3) is 5.99. The minimum atomic E-state index is -0.380. The molecule has 0 aliphatic carbocycles. The Kier molecular flexibility index (Phi) is 7.64. The summed E-state index contributed by atoms with van der Waals surface area (Å²) in [5, 5.41) is 0. The van der Waals surface area contributed by atoms with E-state index in [0.717, 1.165) is 13.1 Å². The summed E-state index contributed by atoms with van der Waals surface area (Å²) in [7, 11) is 3.54. The lowest BCUT2D eigenvalue weighted by Crippen LogP contribution is -2.28. The van der Waals surface area contributed by atoms with Crippen LogP contribution in [0.5, 0.6) is 5.75 Å². The molecule has 5 heteroatoms. The normalized spacial score (nSPS) is 13.0. The van der Waals surface area contributed by atoms with Crippen LogP contribution in [0.3, 0.4) is 0 Å². The topological polar surface area (TPSA) is 47.7 Å². The van der Waals surface area contributed by atoms with Crippen LogP contribution in [-0.4, -0.2) is 44.9 Å². The second-order valence-corrected chi connectivity index (χ2v) is 5.47. The zero-order valence-corrected chi connectivity index (χ0v) is 13.4. The molecule has 0 aromatic heterocycles. The fraction of sp³-hybridized carbons (Fsp3) is 0.625. The summed E-state index contributed by atoms with van der Waals surface area (Å²) in [6.45, 7) is 6.33. The van der Waals surface area contributed by atoms with E-state index in [1.807, 2.05) is 20.9 Å². The van der Waals surface area contributed by atoms with Gasteiger partial charge in [-0.25, -0.2) is 4.39 Å². The van der Waals surface area contributed by atoms with Crippen molar-refractivity contribution in [3.05, 3.63) is 29.6 Å². The summed E-state index contributed by atoms with van der Waals surface area (Å²) < 4.78 is 24.6. The molecule has 0 saturated heterocycles. The average molecular weight is 298 g/mol. The molecular formula is C16H27FN2O2. The lowest BCUT2D eigenvalue weighted by molar-refractivity contribution is 0.0634. The van der Waals surface area contributed by atoms with Crippen LogP contribution in [-0.2, 0) is 4.74 Å². The molecule has 0 bridgehead atoms. The fourth-order valence-electron chi connectivity index (χ4n) is 2.11. The number of hydrogen-bond acceptors (Lipinski definition) is 4. The third-order valence-electron chi connectivity index (χ3n) is 3.35. The smallest absolute Gasteiger partial charge is 0.131 e. The lowest BCUT2D eigenvalue weighted by Gasteiger charge is -2.21. The summed E-state index contributed by atoms with van der Waals surface area (Å²) in [6, 6.07) is 4.39. The first-order valence-electron chi connectivity index (χ1n) is 7.33. The highest BCUT2D eigenvalue weighted by atomic mass is 19.1. The Labute approximate surface area is 127 Å². The van der Waals surface area contributed by atoms with E-state index in [1.165, 1.54) is 13.2 Å². The van der Waals surface area contributed by atoms with Gasteiger partial charge in [-0.3, -0.25) is 0 Å². The summed E-state index contributed by atoms with van der Waals surface area (Å²) in [4.78, 5) is 2.13. The Morgan fingerprint density at radius 1 is 1.29 bits per heavy atom.